The largest absolute Gasteiger partial charge is 0.467 e. The lowest BCUT2D eigenvalue weighted by Gasteiger charge is -2.27. The highest BCUT2D eigenvalue weighted by Gasteiger charge is 2.33. The van der Waals surface area contributed by atoms with Crippen molar-refractivity contribution in [1.82, 2.24) is 14.5 Å². The van der Waals surface area contributed by atoms with Gasteiger partial charge >= 0.3 is 12.0 Å². The number of nitrogens with one attached hydrogen (secondary N) is 1. The Morgan fingerprint density at radius 1 is 1.17 bits per heavy atom. The van der Waals surface area contributed by atoms with Gasteiger partial charge in [-0.25, -0.2) is 9.37 Å². The molecule has 5 rings (SSSR count). The maximum Gasteiger partial charge on any atom is 0.316 e. The van der Waals surface area contributed by atoms with Crippen LogP contribution in [0.5, 0.6) is 6.01 Å². The van der Waals surface area contributed by atoms with Gasteiger partial charge in [0, 0.05) is 42.5 Å². The molecule has 2 aromatic heterocycles. The number of carbonyl (C=O) groups is 2. The number of anilines is 1. The number of aromatic nitrogens is 3. The van der Waals surface area contributed by atoms with Gasteiger partial charge in [-0.3, -0.25) is 9.59 Å². The Kier molecular flexibility index (Phi) is 8.63. The molecule has 2 N–H and O–H groups in total. The summed E-state index contributed by atoms with van der Waals surface area (Å²) in [6, 6.07) is 17.1. The molecule has 10 heteroatoms. The lowest BCUT2D eigenvalue weighted by Crippen LogP contribution is -2.33. The standard InChI is InChI=1S/C32H33FN4O5/c1-19(2)29-28(31(40)35-22-7-5-4-6-8-22)27(25-13-15-34-32(36-25)41-3)30(20-9-11-21(33)12-10-20)37(29)16-14-24-17-23(38)18-26(39)42-24/h4-13,15,19,23-24,38H,14,16-18H2,1-3H3,(H,35,40)/t23-,24-/m1/s1. The molecule has 3 heterocycles. The van der Waals surface area contributed by atoms with Crippen molar-refractivity contribution >= 4 is 17.6 Å². The average molecular weight is 573 g/mol. The van der Waals surface area contributed by atoms with Crippen LogP contribution in [-0.2, 0) is 16.1 Å². The van der Waals surface area contributed by atoms with Gasteiger partial charge < -0.3 is 24.5 Å². The number of aliphatic hydroxyl groups excluding tert-OH is 1. The van der Waals surface area contributed by atoms with Crippen LogP contribution in [-0.4, -0.2) is 50.8 Å². The van der Waals surface area contributed by atoms with Crippen LogP contribution < -0.4 is 10.1 Å². The predicted molar refractivity (Wildman–Crippen MR) is 156 cm³/mol. The zero-order chi connectivity index (χ0) is 29.8. The van der Waals surface area contributed by atoms with Gasteiger partial charge in [-0.15, -0.1) is 0 Å². The van der Waals surface area contributed by atoms with E-state index in [9.17, 15) is 19.1 Å². The van der Waals surface area contributed by atoms with Gasteiger partial charge in [0.1, 0.15) is 11.9 Å². The van der Waals surface area contributed by atoms with Crippen LogP contribution in [0.4, 0.5) is 10.1 Å². The highest BCUT2D eigenvalue weighted by molar-refractivity contribution is 6.12. The molecule has 4 aromatic rings. The average Bonchev–Trinajstić information content (AvgIpc) is 3.32. The van der Waals surface area contributed by atoms with Crippen LogP contribution in [0.25, 0.3) is 22.5 Å². The van der Waals surface area contributed by atoms with Crippen LogP contribution in [0, 0.1) is 5.82 Å². The van der Waals surface area contributed by atoms with Crippen molar-refractivity contribution in [2.45, 2.75) is 57.8 Å². The zero-order valence-corrected chi connectivity index (χ0v) is 23.7. The first-order valence-electron chi connectivity index (χ1n) is 13.9. The smallest absolute Gasteiger partial charge is 0.316 e. The number of cyclic esters (lactones) is 1. The molecule has 1 amide bonds. The quantitative estimate of drug-likeness (QED) is 0.251. The fraction of sp³-hybridized carbons (Fsp3) is 0.312. The number of carbonyl (C=O) groups excluding carboxylic acids is 2. The van der Waals surface area contributed by atoms with Gasteiger partial charge in [0.05, 0.1) is 36.6 Å². The summed E-state index contributed by atoms with van der Waals surface area (Å²) in [5.41, 5.74) is 4.10. The second-order valence-electron chi connectivity index (χ2n) is 10.5. The number of amides is 1. The van der Waals surface area contributed by atoms with Crippen molar-refractivity contribution in [3.8, 4) is 28.5 Å². The van der Waals surface area contributed by atoms with E-state index in [1.54, 1.807) is 36.5 Å². The highest BCUT2D eigenvalue weighted by atomic mass is 19.1. The Labute approximate surface area is 243 Å². The summed E-state index contributed by atoms with van der Waals surface area (Å²) in [7, 11) is 1.47. The van der Waals surface area contributed by atoms with E-state index in [0.717, 1.165) is 5.69 Å². The lowest BCUT2D eigenvalue weighted by atomic mass is 9.97. The van der Waals surface area contributed by atoms with Crippen molar-refractivity contribution in [3.63, 3.8) is 0 Å². The fourth-order valence-electron chi connectivity index (χ4n) is 5.46. The Bertz CT molecular complexity index is 1570. The topological polar surface area (TPSA) is 116 Å². The molecule has 1 aliphatic heterocycles. The van der Waals surface area contributed by atoms with Gasteiger partial charge in [0.15, 0.2) is 0 Å². The molecule has 1 saturated heterocycles. The van der Waals surface area contributed by atoms with Crippen molar-refractivity contribution in [1.29, 1.82) is 0 Å². The van der Waals surface area contributed by atoms with Crippen LogP contribution in [0.3, 0.4) is 0 Å². The number of esters is 1. The number of methoxy groups -OCH3 is 1. The van der Waals surface area contributed by atoms with E-state index in [0.29, 0.717) is 53.2 Å². The second-order valence-corrected chi connectivity index (χ2v) is 10.5. The van der Waals surface area contributed by atoms with E-state index in [2.05, 4.69) is 15.3 Å². The van der Waals surface area contributed by atoms with E-state index in [1.165, 1.54) is 19.2 Å². The molecule has 0 bridgehead atoms. The molecule has 2 atom stereocenters. The number of halogens is 1. The Balaban J connectivity index is 1.74. The lowest BCUT2D eigenvalue weighted by molar-refractivity contribution is -0.160. The third-order valence-corrected chi connectivity index (χ3v) is 7.21. The molecule has 0 radical (unpaired) electrons. The van der Waals surface area contributed by atoms with Crippen molar-refractivity contribution in [2.75, 3.05) is 12.4 Å². The highest BCUT2D eigenvalue weighted by Crippen LogP contribution is 2.42. The fourth-order valence-corrected chi connectivity index (χ4v) is 5.46. The van der Waals surface area contributed by atoms with Crippen LogP contribution in [0.2, 0.25) is 0 Å². The van der Waals surface area contributed by atoms with Crippen LogP contribution in [0.1, 0.15) is 55.1 Å². The number of nitrogens with zero attached hydrogens (tertiary/aromatic N) is 3. The third-order valence-electron chi connectivity index (χ3n) is 7.21. The number of hydrogen-bond acceptors (Lipinski definition) is 7. The van der Waals surface area contributed by atoms with Gasteiger partial charge in [-0.2, -0.15) is 4.98 Å². The minimum absolute atomic E-state index is 0.0262. The molecule has 0 unspecified atom stereocenters. The summed E-state index contributed by atoms with van der Waals surface area (Å²) in [5, 5.41) is 13.2. The van der Waals surface area contributed by atoms with Gasteiger partial charge in [-0.05, 0) is 53.9 Å². The maximum atomic E-state index is 14.2. The van der Waals surface area contributed by atoms with Crippen LogP contribution >= 0.6 is 0 Å². The predicted octanol–water partition coefficient (Wildman–Crippen LogP) is 5.59. The van der Waals surface area contributed by atoms with E-state index in [1.807, 2.05) is 36.6 Å². The first-order valence-corrected chi connectivity index (χ1v) is 13.9. The van der Waals surface area contributed by atoms with E-state index in [-0.39, 0.29) is 24.3 Å². The minimum atomic E-state index is -0.765. The molecular formula is C32H33FN4O5. The molecule has 9 nitrogen and oxygen atoms in total. The Morgan fingerprint density at radius 3 is 2.57 bits per heavy atom. The van der Waals surface area contributed by atoms with Gasteiger partial charge in [-0.1, -0.05) is 32.0 Å². The molecule has 2 aromatic carbocycles. The van der Waals surface area contributed by atoms with Crippen molar-refractivity contribution in [2.24, 2.45) is 0 Å². The molecular weight excluding hydrogens is 539 g/mol. The number of ether oxygens (including phenoxy) is 2. The molecule has 218 valence electrons. The second kappa shape index (κ2) is 12.5. The Hall–Kier alpha value is -4.57. The third kappa shape index (κ3) is 6.18. The Morgan fingerprint density at radius 2 is 1.90 bits per heavy atom. The zero-order valence-electron chi connectivity index (χ0n) is 23.7. The molecule has 0 spiro atoms. The summed E-state index contributed by atoms with van der Waals surface area (Å²) < 4.78 is 27.0. The molecule has 1 aliphatic rings. The number of para-hydroxylation sites is 1. The summed E-state index contributed by atoms with van der Waals surface area (Å²) in [4.78, 5) is 35.0. The maximum absolute atomic E-state index is 14.2. The van der Waals surface area contributed by atoms with Gasteiger partial charge in [0.2, 0.25) is 0 Å². The van der Waals surface area contributed by atoms with E-state index >= 15 is 0 Å². The monoisotopic (exact) mass is 572 g/mol. The first-order chi connectivity index (χ1) is 20.2. The first kappa shape index (κ1) is 28.9. The summed E-state index contributed by atoms with van der Waals surface area (Å²) in [6.07, 6.45) is 1.00. The minimum Gasteiger partial charge on any atom is -0.467 e. The van der Waals surface area contributed by atoms with Crippen molar-refractivity contribution in [3.05, 3.63) is 83.9 Å². The number of rotatable bonds is 9. The number of benzene rings is 2. The summed E-state index contributed by atoms with van der Waals surface area (Å²) in [6.45, 7) is 4.35. The van der Waals surface area contributed by atoms with Gasteiger partial charge in [0.25, 0.3) is 5.91 Å². The SMILES string of the molecule is COc1nccc(-c2c(C(=O)Nc3ccccc3)c(C(C)C)n(CC[C@@H]3C[C@@H](O)CC(=O)O3)c2-c2ccc(F)cc2)n1. The van der Waals surface area contributed by atoms with Crippen molar-refractivity contribution < 1.29 is 28.6 Å². The van der Waals surface area contributed by atoms with E-state index < -0.39 is 24.0 Å². The van der Waals surface area contributed by atoms with Crippen LogP contribution in [0.15, 0.2) is 66.9 Å². The summed E-state index contributed by atoms with van der Waals surface area (Å²) >= 11 is 0. The van der Waals surface area contributed by atoms with E-state index in [4.69, 9.17) is 9.47 Å². The number of aliphatic hydroxyl groups is 1. The molecule has 1 fully saturated rings. The molecule has 0 saturated carbocycles. The molecule has 0 aliphatic carbocycles. The summed E-state index contributed by atoms with van der Waals surface area (Å²) in [5.74, 6) is -1.29. The molecule has 42 heavy (non-hydrogen) atoms. The normalized spacial score (nSPS) is 16.8. The number of hydrogen-bond donors (Lipinski definition) is 2.